The lowest BCUT2D eigenvalue weighted by molar-refractivity contribution is -0.135. The van der Waals surface area contributed by atoms with Gasteiger partial charge >= 0.3 is 12.0 Å². The van der Waals surface area contributed by atoms with Gasteiger partial charge in [-0.25, -0.2) is 4.79 Å². The molecule has 0 atom stereocenters. The second-order valence-corrected chi connectivity index (χ2v) is 1.72. The van der Waals surface area contributed by atoms with Crippen molar-refractivity contribution in [1.82, 2.24) is 10.6 Å². The van der Waals surface area contributed by atoms with E-state index in [-0.39, 0.29) is 6.54 Å². The summed E-state index contributed by atoms with van der Waals surface area (Å²) in [6.07, 6.45) is 3.04. The third kappa shape index (κ3) is 6.36. The van der Waals surface area contributed by atoms with E-state index in [2.05, 4.69) is 10.6 Å². The van der Waals surface area contributed by atoms with Crippen molar-refractivity contribution < 1.29 is 14.7 Å². The average Bonchev–Trinajstić information content (AvgIpc) is 1.97. The Morgan fingerprint density at radius 1 is 1.55 bits per heavy atom. The Morgan fingerprint density at radius 3 is 2.64 bits per heavy atom. The minimum atomic E-state index is -1.07. The van der Waals surface area contributed by atoms with Gasteiger partial charge in [0.25, 0.3) is 0 Å². The van der Waals surface area contributed by atoms with Gasteiger partial charge in [0.15, 0.2) is 0 Å². The quantitative estimate of drug-likeness (QED) is 0.536. The van der Waals surface area contributed by atoms with Crippen molar-refractivity contribution in [2.75, 3.05) is 6.54 Å². The molecule has 0 rings (SSSR count). The first-order chi connectivity index (χ1) is 5.16. The number of amides is 2. The number of carbonyl (C=O) groups is 2. The standard InChI is InChI=1S/C6H10N2O3/c1-2-3-7-6(11)8-4-5(9)10/h2-3H,4H2,1H3,(H,9,10)(H2,7,8,11). The summed E-state index contributed by atoms with van der Waals surface area (Å²) in [5.41, 5.74) is 0. The molecule has 0 heterocycles. The summed E-state index contributed by atoms with van der Waals surface area (Å²) >= 11 is 0. The number of nitrogens with one attached hydrogen (secondary N) is 2. The second kappa shape index (κ2) is 5.28. The van der Waals surface area contributed by atoms with Crippen LogP contribution < -0.4 is 10.6 Å². The van der Waals surface area contributed by atoms with Gasteiger partial charge in [0.05, 0.1) is 0 Å². The molecule has 0 radical (unpaired) electrons. The zero-order valence-corrected chi connectivity index (χ0v) is 6.13. The lowest BCUT2D eigenvalue weighted by Crippen LogP contribution is -2.35. The van der Waals surface area contributed by atoms with Crippen LogP contribution in [0.1, 0.15) is 6.92 Å². The third-order valence-corrected chi connectivity index (χ3v) is 0.781. The molecule has 0 aromatic rings. The van der Waals surface area contributed by atoms with Gasteiger partial charge in [0.1, 0.15) is 6.54 Å². The van der Waals surface area contributed by atoms with Crippen molar-refractivity contribution >= 4 is 12.0 Å². The van der Waals surface area contributed by atoms with Gasteiger partial charge in [-0.15, -0.1) is 0 Å². The lowest BCUT2D eigenvalue weighted by atomic mass is 10.6. The van der Waals surface area contributed by atoms with Crippen LogP contribution in [0.3, 0.4) is 0 Å². The summed E-state index contributed by atoms with van der Waals surface area (Å²) < 4.78 is 0. The van der Waals surface area contributed by atoms with Crippen LogP contribution in [0, 0.1) is 0 Å². The van der Waals surface area contributed by atoms with E-state index < -0.39 is 12.0 Å². The van der Waals surface area contributed by atoms with Gasteiger partial charge in [0.2, 0.25) is 0 Å². The smallest absolute Gasteiger partial charge is 0.323 e. The highest BCUT2D eigenvalue weighted by atomic mass is 16.4. The molecule has 0 aliphatic carbocycles. The molecule has 0 unspecified atom stereocenters. The number of carboxylic acids is 1. The summed E-state index contributed by atoms with van der Waals surface area (Å²) in [6.45, 7) is 1.36. The Hall–Kier alpha value is -1.52. The van der Waals surface area contributed by atoms with Crippen molar-refractivity contribution in [3.8, 4) is 0 Å². The van der Waals surface area contributed by atoms with Gasteiger partial charge in [-0.05, 0) is 6.92 Å². The predicted octanol–water partition coefficient (Wildman–Crippen LogP) is -0.0962. The summed E-state index contributed by atoms with van der Waals surface area (Å²) in [7, 11) is 0. The van der Waals surface area contributed by atoms with Crippen LogP contribution in [-0.2, 0) is 4.79 Å². The van der Waals surface area contributed by atoms with E-state index >= 15 is 0 Å². The maximum atomic E-state index is 10.6. The number of carbonyl (C=O) groups excluding carboxylic acids is 1. The zero-order chi connectivity index (χ0) is 8.69. The topological polar surface area (TPSA) is 78.4 Å². The van der Waals surface area contributed by atoms with Gasteiger partial charge in [-0.1, -0.05) is 6.08 Å². The first-order valence-electron chi connectivity index (χ1n) is 3.04. The Balaban J connectivity index is 3.45. The maximum absolute atomic E-state index is 10.6. The molecule has 11 heavy (non-hydrogen) atoms. The molecule has 62 valence electrons. The van der Waals surface area contributed by atoms with Crippen molar-refractivity contribution in [2.45, 2.75) is 6.92 Å². The first kappa shape index (κ1) is 9.48. The highest BCUT2D eigenvalue weighted by Gasteiger charge is 1.99. The average molecular weight is 158 g/mol. The number of aliphatic carboxylic acids is 1. The number of rotatable bonds is 3. The number of urea groups is 1. The summed E-state index contributed by atoms with van der Waals surface area (Å²) in [5.74, 6) is -1.07. The van der Waals surface area contributed by atoms with Crippen molar-refractivity contribution in [1.29, 1.82) is 0 Å². The van der Waals surface area contributed by atoms with Crippen molar-refractivity contribution in [3.05, 3.63) is 12.3 Å². The molecule has 0 aliphatic heterocycles. The minimum Gasteiger partial charge on any atom is -0.480 e. The van der Waals surface area contributed by atoms with Crippen LogP contribution in [-0.4, -0.2) is 23.7 Å². The van der Waals surface area contributed by atoms with E-state index in [4.69, 9.17) is 5.11 Å². The second-order valence-electron chi connectivity index (χ2n) is 1.72. The molecular weight excluding hydrogens is 148 g/mol. The Labute approximate surface area is 64.1 Å². The molecule has 0 bridgehead atoms. The van der Waals surface area contributed by atoms with E-state index in [1.54, 1.807) is 13.0 Å². The first-order valence-corrected chi connectivity index (χ1v) is 3.04. The van der Waals surface area contributed by atoms with E-state index in [1.807, 2.05) is 0 Å². The predicted molar refractivity (Wildman–Crippen MR) is 39.0 cm³/mol. The number of hydrogen-bond donors (Lipinski definition) is 3. The summed E-state index contributed by atoms with van der Waals surface area (Å²) in [4.78, 5) is 20.5. The molecule has 3 N–H and O–H groups in total. The fourth-order valence-corrected chi connectivity index (χ4v) is 0.366. The van der Waals surface area contributed by atoms with Gasteiger partial charge < -0.3 is 15.7 Å². The largest absolute Gasteiger partial charge is 0.480 e. The van der Waals surface area contributed by atoms with E-state index in [9.17, 15) is 9.59 Å². The van der Waals surface area contributed by atoms with Crippen LogP contribution in [0.2, 0.25) is 0 Å². The Bertz CT molecular complexity index is 177. The highest BCUT2D eigenvalue weighted by Crippen LogP contribution is 1.67. The molecule has 5 nitrogen and oxygen atoms in total. The summed E-state index contributed by atoms with van der Waals surface area (Å²) in [6, 6.07) is -0.523. The van der Waals surface area contributed by atoms with Crippen LogP contribution in [0.25, 0.3) is 0 Å². The van der Waals surface area contributed by atoms with Gasteiger partial charge in [-0.2, -0.15) is 0 Å². The monoisotopic (exact) mass is 158 g/mol. The van der Waals surface area contributed by atoms with E-state index in [1.165, 1.54) is 6.20 Å². The molecule has 0 aliphatic rings. The molecule has 0 aromatic carbocycles. The van der Waals surface area contributed by atoms with E-state index in [0.717, 1.165) is 0 Å². The molecule has 0 aromatic heterocycles. The van der Waals surface area contributed by atoms with Crippen LogP contribution >= 0.6 is 0 Å². The fourth-order valence-electron chi connectivity index (χ4n) is 0.366. The molecule has 0 saturated carbocycles. The maximum Gasteiger partial charge on any atom is 0.323 e. The SMILES string of the molecule is CC=CNC(=O)NCC(=O)O. The normalized spacial score (nSPS) is 9.55. The van der Waals surface area contributed by atoms with Crippen molar-refractivity contribution in [3.63, 3.8) is 0 Å². The van der Waals surface area contributed by atoms with Gasteiger partial charge in [-0.3, -0.25) is 4.79 Å². The third-order valence-electron chi connectivity index (χ3n) is 0.781. The van der Waals surface area contributed by atoms with Crippen LogP contribution in [0.15, 0.2) is 12.3 Å². The Kier molecular flexibility index (Phi) is 4.55. The minimum absolute atomic E-state index is 0.372. The zero-order valence-electron chi connectivity index (χ0n) is 6.13. The molecule has 2 amide bonds. The Morgan fingerprint density at radius 2 is 2.18 bits per heavy atom. The van der Waals surface area contributed by atoms with Gasteiger partial charge in [0, 0.05) is 6.20 Å². The molecule has 0 fully saturated rings. The highest BCUT2D eigenvalue weighted by molar-refractivity contribution is 5.80. The number of hydrogen-bond acceptors (Lipinski definition) is 2. The van der Waals surface area contributed by atoms with Crippen LogP contribution in [0.5, 0.6) is 0 Å². The number of carboxylic acid groups (broad SMARTS) is 1. The lowest BCUT2D eigenvalue weighted by Gasteiger charge is -1.99. The van der Waals surface area contributed by atoms with Crippen molar-refractivity contribution in [2.24, 2.45) is 0 Å². The van der Waals surface area contributed by atoms with E-state index in [0.29, 0.717) is 0 Å². The number of allylic oxidation sites excluding steroid dienone is 1. The molecule has 5 heteroatoms. The van der Waals surface area contributed by atoms with Crippen LogP contribution in [0.4, 0.5) is 4.79 Å². The fraction of sp³-hybridized carbons (Fsp3) is 0.333. The molecular formula is C6H10N2O3. The molecule has 0 saturated heterocycles. The molecule has 0 spiro atoms. The summed E-state index contributed by atoms with van der Waals surface area (Å²) in [5, 5.41) is 12.5.